The number of methoxy groups -OCH3 is 2. The zero-order valence-electron chi connectivity index (χ0n) is 37.0. The number of ketones is 1. The van der Waals surface area contributed by atoms with Gasteiger partial charge in [-0.2, -0.15) is 0 Å². The van der Waals surface area contributed by atoms with E-state index in [9.17, 15) is 24.0 Å². The summed E-state index contributed by atoms with van der Waals surface area (Å²) in [5.41, 5.74) is 11.3. The van der Waals surface area contributed by atoms with Crippen LogP contribution in [-0.2, 0) is 36.7 Å². The van der Waals surface area contributed by atoms with Gasteiger partial charge in [-0.25, -0.2) is 14.6 Å². The fourth-order valence-corrected chi connectivity index (χ4v) is 10.9. The summed E-state index contributed by atoms with van der Waals surface area (Å²) in [6.45, 7) is 8.83. The van der Waals surface area contributed by atoms with Gasteiger partial charge in [0.25, 0.3) is 0 Å². The lowest BCUT2D eigenvalue weighted by molar-refractivity contribution is -0.135. The molecule has 330 valence electrons. The smallest absolute Gasteiger partial charge is 0.407 e. The third-order valence-electron chi connectivity index (χ3n) is 14.1. The second kappa shape index (κ2) is 16.9. The highest BCUT2D eigenvalue weighted by Gasteiger charge is 2.45. The van der Waals surface area contributed by atoms with Crippen molar-refractivity contribution in [2.75, 3.05) is 27.3 Å². The van der Waals surface area contributed by atoms with E-state index in [1.165, 1.54) is 19.8 Å². The average molecular weight is 856 g/mol. The highest BCUT2D eigenvalue weighted by molar-refractivity contribution is 6.02. The maximum Gasteiger partial charge on any atom is 0.407 e. The van der Waals surface area contributed by atoms with Crippen molar-refractivity contribution in [3.8, 4) is 22.3 Å². The molecule has 5 aliphatic rings. The van der Waals surface area contributed by atoms with Crippen LogP contribution in [-0.4, -0.2) is 101 Å². The SMILES string of the molecule is COC(=O)N[C@H](C(=O)N1CCC[C@H]1C1=Nc2ccc(-c3ccc(-c4ccc5nc([C@@H]6CCCN6C(=O)[C@@H](NC(=O)OC)C(C)C)[nH]c5c4)c4c3CC3CCC(=O)C43)cc2C1)C(C)C. The molecule has 2 saturated heterocycles. The van der Waals surface area contributed by atoms with Gasteiger partial charge in [-0.05, 0) is 119 Å². The Morgan fingerprint density at radius 3 is 2.06 bits per heavy atom. The Morgan fingerprint density at radius 1 is 0.778 bits per heavy atom. The molecular formula is C49H57N7O7. The summed E-state index contributed by atoms with van der Waals surface area (Å²) in [7, 11) is 2.59. The molecule has 3 N–H and O–H groups in total. The minimum atomic E-state index is -0.717. The number of hydrogen-bond donors (Lipinski definition) is 3. The number of aromatic nitrogens is 2. The molecule has 14 nitrogen and oxygen atoms in total. The monoisotopic (exact) mass is 855 g/mol. The molecule has 4 heterocycles. The van der Waals surface area contributed by atoms with Gasteiger partial charge >= 0.3 is 12.2 Å². The molecular weight excluding hydrogens is 799 g/mol. The predicted molar refractivity (Wildman–Crippen MR) is 239 cm³/mol. The first-order valence-electron chi connectivity index (χ1n) is 22.5. The highest BCUT2D eigenvalue weighted by atomic mass is 16.5. The van der Waals surface area contributed by atoms with Crippen LogP contribution in [0.1, 0.15) is 101 Å². The number of nitrogens with one attached hydrogen (secondary N) is 3. The summed E-state index contributed by atoms with van der Waals surface area (Å²) in [6, 6.07) is 15.2. The highest BCUT2D eigenvalue weighted by Crippen LogP contribution is 2.53. The Morgan fingerprint density at radius 2 is 1.40 bits per heavy atom. The molecule has 14 heteroatoms. The van der Waals surface area contributed by atoms with E-state index in [1.54, 1.807) is 0 Å². The zero-order chi connectivity index (χ0) is 44.3. The number of nitrogens with zero attached hydrogens (tertiary/aromatic N) is 4. The molecule has 0 bridgehead atoms. The van der Waals surface area contributed by atoms with Crippen molar-refractivity contribution in [2.24, 2.45) is 22.7 Å². The second-order valence-corrected chi connectivity index (χ2v) is 18.6. The van der Waals surface area contributed by atoms with Gasteiger partial charge in [0.1, 0.15) is 23.7 Å². The first-order valence-corrected chi connectivity index (χ1v) is 22.5. The number of carbonyl (C=O) groups is 5. The Labute approximate surface area is 367 Å². The number of rotatable bonds is 10. The molecule has 3 fully saturated rings. The van der Waals surface area contributed by atoms with E-state index < -0.39 is 24.3 Å². The number of aliphatic imine (C=N–C) groups is 1. The van der Waals surface area contributed by atoms with Crippen LogP contribution in [0.3, 0.4) is 0 Å². The lowest BCUT2D eigenvalue weighted by atomic mass is 9.86. The molecule has 4 aromatic rings. The minimum absolute atomic E-state index is 0.109. The van der Waals surface area contributed by atoms with Gasteiger partial charge in [-0.15, -0.1) is 0 Å². The van der Waals surface area contributed by atoms with Crippen LogP contribution in [0.15, 0.2) is 53.5 Å². The van der Waals surface area contributed by atoms with Crippen molar-refractivity contribution in [1.82, 2.24) is 30.4 Å². The predicted octanol–water partition coefficient (Wildman–Crippen LogP) is 7.56. The van der Waals surface area contributed by atoms with Crippen molar-refractivity contribution in [2.45, 2.75) is 109 Å². The van der Waals surface area contributed by atoms with E-state index >= 15 is 0 Å². The van der Waals surface area contributed by atoms with E-state index in [1.807, 2.05) is 43.6 Å². The van der Waals surface area contributed by atoms with Crippen LogP contribution in [0.25, 0.3) is 33.3 Å². The van der Waals surface area contributed by atoms with Crippen LogP contribution in [0.4, 0.5) is 15.3 Å². The van der Waals surface area contributed by atoms with Crippen molar-refractivity contribution < 1.29 is 33.4 Å². The van der Waals surface area contributed by atoms with Crippen LogP contribution in [0.2, 0.25) is 0 Å². The molecule has 2 unspecified atom stereocenters. The number of fused-ring (bicyclic) bond motifs is 5. The maximum atomic E-state index is 13.8. The quantitative estimate of drug-likeness (QED) is 0.147. The number of imidazole rings is 1. The number of carbonyl (C=O) groups excluding carboxylic acids is 5. The third-order valence-corrected chi connectivity index (χ3v) is 14.1. The van der Waals surface area contributed by atoms with E-state index in [0.717, 1.165) is 94.3 Å². The van der Waals surface area contributed by atoms with Crippen molar-refractivity contribution in [3.63, 3.8) is 0 Å². The first-order chi connectivity index (χ1) is 30.3. The molecule has 0 radical (unpaired) electrons. The Bertz CT molecular complexity index is 2540. The molecule has 1 saturated carbocycles. The average Bonchev–Trinajstić information content (AvgIpc) is 4.14. The molecule has 1 aromatic heterocycles. The molecule has 9 rings (SSSR count). The van der Waals surface area contributed by atoms with Crippen LogP contribution in [0, 0.1) is 17.8 Å². The van der Waals surface area contributed by atoms with Gasteiger partial charge in [0.05, 0.1) is 43.0 Å². The topological polar surface area (TPSA) is 175 Å². The summed E-state index contributed by atoms with van der Waals surface area (Å²) >= 11 is 0. The largest absolute Gasteiger partial charge is 0.453 e. The molecule has 4 amide bonds. The number of alkyl carbamates (subject to hydrolysis) is 2. The molecule has 2 aliphatic carbocycles. The zero-order valence-corrected chi connectivity index (χ0v) is 37.0. The standard InChI is InChI=1S/C49H57N7O7/c1-25(2)43(53-48(60)62-5)46(58)55-19-7-9-38(55)37-24-30-21-27(11-16-34(30)50-37)31-14-15-32(42-33(31)22-29-13-18-40(57)41(29)42)28-12-17-35-36(23-28)52-45(51-35)39-10-8-20-56(39)47(59)44(26(3)4)54-49(61)63-6/h11-12,14-17,21,23,25-26,29,38-39,41,43-44H,7-10,13,18-20,22,24H2,1-6H3,(H,51,52)(H,53,60)(H,54,61)/t29?,38-,39-,41?,43-,44-/m0/s1. The van der Waals surface area contributed by atoms with Gasteiger partial charge in [-0.1, -0.05) is 52.0 Å². The Hall–Kier alpha value is -6.05. The van der Waals surface area contributed by atoms with Crippen molar-refractivity contribution in [3.05, 3.63) is 71.0 Å². The Kier molecular flexibility index (Phi) is 11.3. The van der Waals surface area contributed by atoms with Gasteiger partial charge in [0, 0.05) is 37.6 Å². The number of H-pyrrole nitrogens is 1. The number of hydrogen-bond acceptors (Lipinski definition) is 9. The fourth-order valence-electron chi connectivity index (χ4n) is 10.9. The lowest BCUT2D eigenvalue weighted by Gasteiger charge is -2.30. The van der Waals surface area contributed by atoms with Gasteiger partial charge in [0.15, 0.2) is 0 Å². The third kappa shape index (κ3) is 7.64. The lowest BCUT2D eigenvalue weighted by Crippen LogP contribution is -2.53. The summed E-state index contributed by atoms with van der Waals surface area (Å²) in [4.78, 5) is 82.8. The summed E-state index contributed by atoms with van der Waals surface area (Å²) in [5, 5.41) is 5.47. The number of ether oxygens (including phenoxy) is 2. The second-order valence-electron chi connectivity index (χ2n) is 18.6. The molecule has 63 heavy (non-hydrogen) atoms. The van der Waals surface area contributed by atoms with Gasteiger partial charge in [-0.3, -0.25) is 19.4 Å². The van der Waals surface area contributed by atoms with E-state index in [0.29, 0.717) is 37.5 Å². The van der Waals surface area contributed by atoms with E-state index in [-0.39, 0.29) is 47.6 Å². The van der Waals surface area contributed by atoms with E-state index in [4.69, 9.17) is 19.5 Å². The summed E-state index contributed by atoms with van der Waals surface area (Å²) < 4.78 is 9.63. The van der Waals surface area contributed by atoms with E-state index in [2.05, 4.69) is 58.1 Å². The van der Waals surface area contributed by atoms with Gasteiger partial charge < -0.3 is 34.9 Å². The maximum absolute atomic E-state index is 13.8. The number of Topliss-reactive ketones (excluding diaryl/α,β-unsaturated/α-hetero) is 1. The van der Waals surface area contributed by atoms with Crippen LogP contribution >= 0.6 is 0 Å². The fraction of sp³-hybridized carbons (Fsp3) is 0.490. The molecule has 3 aliphatic heterocycles. The summed E-state index contributed by atoms with van der Waals surface area (Å²) in [5.74, 6) is 0.635. The number of benzene rings is 3. The number of likely N-dealkylation sites (tertiary alicyclic amines) is 2. The van der Waals surface area contributed by atoms with Crippen LogP contribution in [0.5, 0.6) is 0 Å². The van der Waals surface area contributed by atoms with Gasteiger partial charge in [0.2, 0.25) is 11.8 Å². The molecule has 6 atom stereocenters. The number of aromatic amines is 1. The normalized spacial score (nSPS) is 22.3. The molecule has 0 spiro atoms. The Balaban J connectivity index is 0.989. The molecule has 3 aromatic carbocycles. The van der Waals surface area contributed by atoms with Crippen LogP contribution < -0.4 is 10.6 Å². The minimum Gasteiger partial charge on any atom is -0.453 e. The number of amides is 4. The van der Waals surface area contributed by atoms with Crippen molar-refractivity contribution in [1.29, 1.82) is 0 Å². The van der Waals surface area contributed by atoms with Crippen molar-refractivity contribution >= 4 is 52.2 Å². The first kappa shape index (κ1) is 42.3. The summed E-state index contributed by atoms with van der Waals surface area (Å²) in [6.07, 6.45) is 4.97.